The van der Waals surface area contributed by atoms with Crippen molar-refractivity contribution in [1.29, 1.82) is 0 Å². The topological polar surface area (TPSA) is 115 Å². The van der Waals surface area contributed by atoms with Gasteiger partial charge in [-0.1, -0.05) is 17.7 Å². The van der Waals surface area contributed by atoms with Gasteiger partial charge in [-0.25, -0.2) is 9.69 Å². The molecular weight excluding hydrogens is 448 g/mol. The minimum absolute atomic E-state index is 0.0566. The van der Waals surface area contributed by atoms with E-state index in [-0.39, 0.29) is 16.9 Å². The number of nitrogens with zero attached hydrogens (tertiary/aromatic N) is 3. The van der Waals surface area contributed by atoms with Crippen LogP contribution in [-0.4, -0.2) is 27.3 Å². The largest absolute Gasteiger partial charge is 0.335 e. The van der Waals surface area contributed by atoms with E-state index < -0.39 is 22.8 Å². The van der Waals surface area contributed by atoms with Crippen molar-refractivity contribution in [2.45, 2.75) is 13.8 Å². The molecule has 1 aliphatic rings. The lowest BCUT2D eigenvalue weighted by Crippen LogP contribution is -2.54. The van der Waals surface area contributed by atoms with Crippen molar-refractivity contribution in [3.8, 4) is 5.69 Å². The lowest BCUT2D eigenvalue weighted by Gasteiger charge is -2.26. The predicted molar refractivity (Wildman–Crippen MR) is 122 cm³/mol. The van der Waals surface area contributed by atoms with Gasteiger partial charge in [-0.05, 0) is 61.9 Å². The number of aryl methyl sites for hydroxylation is 1. The summed E-state index contributed by atoms with van der Waals surface area (Å²) in [5, 5.41) is 13.8. The summed E-state index contributed by atoms with van der Waals surface area (Å²) in [5.74, 6) is -1.58. The van der Waals surface area contributed by atoms with Crippen LogP contribution < -0.4 is 10.2 Å². The number of anilines is 1. The smallest absolute Gasteiger partial charge is 0.318 e. The Hall–Kier alpha value is -4.24. The van der Waals surface area contributed by atoms with Crippen molar-refractivity contribution in [2.24, 2.45) is 0 Å². The Morgan fingerprint density at radius 2 is 1.70 bits per heavy atom. The lowest BCUT2D eigenvalue weighted by molar-refractivity contribution is -0.384. The molecule has 0 atom stereocenters. The molecule has 1 aromatic heterocycles. The van der Waals surface area contributed by atoms with Gasteiger partial charge in [0.1, 0.15) is 5.57 Å². The van der Waals surface area contributed by atoms with Gasteiger partial charge in [0.25, 0.3) is 17.5 Å². The zero-order valence-corrected chi connectivity index (χ0v) is 18.3. The Kier molecular flexibility index (Phi) is 5.57. The summed E-state index contributed by atoms with van der Waals surface area (Å²) in [5.41, 5.74) is 2.53. The molecule has 2 heterocycles. The maximum atomic E-state index is 13.1. The van der Waals surface area contributed by atoms with Gasteiger partial charge >= 0.3 is 6.03 Å². The van der Waals surface area contributed by atoms with Crippen LogP contribution in [0.25, 0.3) is 11.8 Å². The van der Waals surface area contributed by atoms with Gasteiger partial charge in [0.2, 0.25) is 0 Å². The Morgan fingerprint density at radius 3 is 2.36 bits per heavy atom. The Bertz CT molecular complexity index is 1360. The molecule has 166 valence electrons. The number of nitro benzene ring substituents is 1. The third-order valence-corrected chi connectivity index (χ3v) is 5.51. The van der Waals surface area contributed by atoms with Crippen LogP contribution in [0.1, 0.15) is 17.0 Å². The summed E-state index contributed by atoms with van der Waals surface area (Å²) in [6, 6.07) is 13.1. The van der Waals surface area contributed by atoms with Gasteiger partial charge in [-0.15, -0.1) is 0 Å². The summed E-state index contributed by atoms with van der Waals surface area (Å²) in [7, 11) is 0. The molecule has 0 saturated carbocycles. The number of carbonyl (C=O) groups excluding carboxylic acids is 3. The second kappa shape index (κ2) is 8.36. The molecule has 3 aromatic rings. The number of imide groups is 2. The second-order valence-corrected chi connectivity index (χ2v) is 7.81. The van der Waals surface area contributed by atoms with E-state index >= 15 is 0 Å². The molecule has 10 heteroatoms. The first-order chi connectivity index (χ1) is 15.7. The fraction of sp³-hybridized carbons (Fsp3) is 0.0870. The zero-order chi connectivity index (χ0) is 23.9. The molecule has 0 unspecified atom stereocenters. The molecule has 1 aliphatic heterocycles. The highest BCUT2D eigenvalue weighted by Crippen LogP contribution is 2.27. The van der Waals surface area contributed by atoms with Gasteiger partial charge in [-0.2, -0.15) is 0 Å². The second-order valence-electron chi connectivity index (χ2n) is 7.37. The van der Waals surface area contributed by atoms with Gasteiger partial charge in [-0.3, -0.25) is 25.0 Å². The molecular formula is C23H17ClN4O5. The predicted octanol–water partition coefficient (Wildman–Crippen LogP) is 4.32. The minimum atomic E-state index is -0.855. The Labute approximate surface area is 193 Å². The Morgan fingerprint density at radius 1 is 1.00 bits per heavy atom. The average molecular weight is 465 g/mol. The van der Waals surface area contributed by atoms with E-state index in [2.05, 4.69) is 5.32 Å². The summed E-state index contributed by atoms with van der Waals surface area (Å²) < 4.78 is 1.78. The third-order valence-electron chi connectivity index (χ3n) is 5.26. The molecule has 9 nitrogen and oxygen atoms in total. The van der Waals surface area contributed by atoms with E-state index in [1.807, 2.05) is 0 Å². The summed E-state index contributed by atoms with van der Waals surface area (Å²) in [4.78, 5) is 49.5. The van der Waals surface area contributed by atoms with Crippen molar-refractivity contribution in [3.63, 3.8) is 0 Å². The van der Waals surface area contributed by atoms with E-state index in [4.69, 9.17) is 11.6 Å². The number of rotatable bonds is 4. The molecule has 4 rings (SSSR count). The molecule has 1 N–H and O–H groups in total. The first-order valence-electron chi connectivity index (χ1n) is 9.78. The van der Waals surface area contributed by atoms with Gasteiger partial charge in [0.15, 0.2) is 0 Å². The SMILES string of the molecule is Cc1cc(/C=C2\C(=O)NC(=O)N(c3ccc(Cl)cc3)C2=O)c(C)n1-c1cccc([N+](=O)[O-])c1. The maximum Gasteiger partial charge on any atom is 0.335 e. The van der Waals surface area contributed by atoms with Crippen molar-refractivity contribution in [3.05, 3.63) is 92.3 Å². The normalized spacial score (nSPS) is 15.2. The average Bonchev–Trinajstić information content (AvgIpc) is 3.05. The quantitative estimate of drug-likeness (QED) is 0.267. The highest BCUT2D eigenvalue weighted by Gasteiger charge is 2.37. The van der Waals surface area contributed by atoms with Gasteiger partial charge < -0.3 is 4.57 Å². The lowest BCUT2D eigenvalue weighted by atomic mass is 10.1. The molecule has 1 fully saturated rings. The molecule has 2 aromatic carbocycles. The monoisotopic (exact) mass is 464 g/mol. The van der Waals surface area contributed by atoms with Crippen LogP contribution in [0.2, 0.25) is 5.02 Å². The molecule has 0 spiro atoms. The van der Waals surface area contributed by atoms with E-state index in [1.54, 1.807) is 36.6 Å². The number of halogens is 1. The highest BCUT2D eigenvalue weighted by atomic mass is 35.5. The molecule has 0 aliphatic carbocycles. The number of hydrogen-bond acceptors (Lipinski definition) is 5. The zero-order valence-electron chi connectivity index (χ0n) is 17.5. The number of benzene rings is 2. The summed E-state index contributed by atoms with van der Waals surface area (Å²) in [6.45, 7) is 3.58. The number of nitrogens with one attached hydrogen (secondary N) is 1. The standard InChI is InChI=1S/C23H17ClN4O5/c1-13-10-15(14(2)26(13)18-4-3-5-19(12-18)28(32)33)11-20-21(29)25-23(31)27(22(20)30)17-8-6-16(24)7-9-17/h3-12H,1-2H3,(H,25,29,31)/b20-11+. The first-order valence-corrected chi connectivity index (χ1v) is 10.2. The third kappa shape index (κ3) is 4.01. The van der Waals surface area contributed by atoms with Crippen LogP contribution in [0.3, 0.4) is 0 Å². The number of hydrogen-bond donors (Lipinski definition) is 1. The number of barbiturate groups is 1. The van der Waals surface area contributed by atoms with Crippen LogP contribution in [0.4, 0.5) is 16.2 Å². The van der Waals surface area contributed by atoms with Crippen molar-refractivity contribution >= 4 is 46.9 Å². The van der Waals surface area contributed by atoms with Crippen LogP contribution in [0, 0.1) is 24.0 Å². The van der Waals surface area contributed by atoms with E-state index in [0.29, 0.717) is 22.0 Å². The number of carbonyl (C=O) groups is 3. The Balaban J connectivity index is 1.76. The summed E-state index contributed by atoms with van der Waals surface area (Å²) in [6.07, 6.45) is 1.41. The summed E-state index contributed by atoms with van der Waals surface area (Å²) >= 11 is 5.89. The van der Waals surface area contributed by atoms with Crippen molar-refractivity contribution in [1.82, 2.24) is 9.88 Å². The number of urea groups is 1. The molecule has 4 amide bonds. The van der Waals surface area contributed by atoms with Crippen molar-refractivity contribution in [2.75, 3.05) is 4.90 Å². The minimum Gasteiger partial charge on any atom is -0.318 e. The van der Waals surface area contributed by atoms with Crippen LogP contribution in [0.5, 0.6) is 0 Å². The fourth-order valence-corrected chi connectivity index (χ4v) is 3.84. The number of amides is 4. The van der Waals surface area contributed by atoms with Crippen LogP contribution in [0.15, 0.2) is 60.2 Å². The van der Waals surface area contributed by atoms with Crippen LogP contribution >= 0.6 is 11.6 Å². The van der Waals surface area contributed by atoms with Gasteiger partial charge in [0, 0.05) is 28.5 Å². The van der Waals surface area contributed by atoms with Gasteiger partial charge in [0.05, 0.1) is 16.3 Å². The number of nitro groups is 1. The molecule has 1 saturated heterocycles. The molecule has 33 heavy (non-hydrogen) atoms. The van der Waals surface area contributed by atoms with Crippen LogP contribution in [-0.2, 0) is 9.59 Å². The van der Waals surface area contributed by atoms with E-state index in [0.717, 1.165) is 10.6 Å². The highest BCUT2D eigenvalue weighted by molar-refractivity contribution is 6.39. The fourth-order valence-electron chi connectivity index (χ4n) is 3.71. The molecule has 0 bridgehead atoms. The first kappa shape index (κ1) is 22.0. The van der Waals surface area contributed by atoms with E-state index in [9.17, 15) is 24.5 Å². The maximum absolute atomic E-state index is 13.1. The number of aromatic nitrogens is 1. The molecule has 0 radical (unpaired) electrons. The van der Waals surface area contributed by atoms with Crippen molar-refractivity contribution < 1.29 is 19.3 Å². The number of non-ortho nitro benzene ring substituents is 1. The van der Waals surface area contributed by atoms with E-state index in [1.165, 1.54) is 42.5 Å².